The Morgan fingerprint density at radius 3 is 2.31 bits per heavy atom. The van der Waals surface area contributed by atoms with Gasteiger partial charge >= 0.3 is 0 Å². The van der Waals surface area contributed by atoms with Crippen molar-refractivity contribution in [1.82, 2.24) is 4.98 Å². The minimum atomic E-state index is -0.593. The standard InChI is InChI=1S/C35H25ClFN5O5S/c36-27-13-12-26(20-28(27)37)47-25-10-8-24(9-11-25)39-33(43)23-7-15-30-32(19-23)48-35(40-30)41-34(44)22-6-14-29(31(18-22)42(45)46)38-17-16-21-4-2-1-3-5-21/h1-15,18-20,38H,16-17H2,(H,39,43)(H,40,41,44). The molecule has 3 N–H and O–H groups in total. The summed E-state index contributed by atoms with van der Waals surface area (Å²) in [6, 6.07) is 29.6. The second-order valence-electron chi connectivity index (χ2n) is 10.5. The van der Waals surface area contributed by atoms with Gasteiger partial charge in [0.05, 0.1) is 20.2 Å². The Morgan fingerprint density at radius 1 is 0.854 bits per heavy atom. The van der Waals surface area contributed by atoms with E-state index in [0.29, 0.717) is 45.9 Å². The molecule has 0 fully saturated rings. The molecule has 1 aromatic heterocycles. The molecule has 0 aliphatic rings. The monoisotopic (exact) mass is 681 g/mol. The van der Waals surface area contributed by atoms with E-state index >= 15 is 0 Å². The molecule has 48 heavy (non-hydrogen) atoms. The van der Waals surface area contributed by atoms with Crippen LogP contribution in [0, 0.1) is 15.9 Å². The summed E-state index contributed by atoms with van der Waals surface area (Å²) in [5, 5.41) is 20.6. The largest absolute Gasteiger partial charge is 0.457 e. The van der Waals surface area contributed by atoms with Crippen LogP contribution in [0.5, 0.6) is 11.5 Å². The van der Waals surface area contributed by atoms with Crippen LogP contribution in [0.15, 0.2) is 109 Å². The van der Waals surface area contributed by atoms with Gasteiger partial charge in [-0.15, -0.1) is 0 Å². The zero-order valence-corrected chi connectivity index (χ0v) is 26.5. The van der Waals surface area contributed by atoms with Gasteiger partial charge in [0, 0.05) is 35.5 Å². The van der Waals surface area contributed by atoms with Crippen LogP contribution < -0.4 is 20.7 Å². The first-order valence-corrected chi connectivity index (χ1v) is 15.7. The lowest BCUT2D eigenvalue weighted by atomic mass is 10.1. The van der Waals surface area contributed by atoms with Gasteiger partial charge in [-0.05, 0) is 78.7 Å². The predicted octanol–water partition coefficient (Wildman–Crippen LogP) is 8.95. The van der Waals surface area contributed by atoms with Crippen LogP contribution in [-0.2, 0) is 6.42 Å². The van der Waals surface area contributed by atoms with Crippen LogP contribution in [0.2, 0.25) is 5.02 Å². The van der Waals surface area contributed by atoms with Gasteiger partial charge in [-0.3, -0.25) is 25.0 Å². The van der Waals surface area contributed by atoms with Gasteiger partial charge in [-0.2, -0.15) is 0 Å². The van der Waals surface area contributed by atoms with Crippen molar-refractivity contribution in [1.29, 1.82) is 0 Å². The van der Waals surface area contributed by atoms with Crippen molar-refractivity contribution in [2.75, 3.05) is 22.5 Å². The number of carbonyl (C=O) groups is 2. The average molecular weight is 682 g/mol. The number of carbonyl (C=O) groups excluding carboxylic acids is 2. The molecule has 13 heteroatoms. The van der Waals surface area contributed by atoms with Crippen LogP contribution >= 0.6 is 22.9 Å². The summed E-state index contributed by atoms with van der Waals surface area (Å²) in [5.41, 5.74) is 2.75. The number of nitrogens with zero attached hydrogens (tertiary/aromatic N) is 2. The topological polar surface area (TPSA) is 135 Å². The average Bonchev–Trinajstić information content (AvgIpc) is 3.49. The lowest BCUT2D eigenvalue weighted by Gasteiger charge is -2.09. The molecule has 10 nitrogen and oxygen atoms in total. The highest BCUT2D eigenvalue weighted by Gasteiger charge is 2.19. The van der Waals surface area contributed by atoms with Crippen molar-refractivity contribution < 1.29 is 23.6 Å². The minimum Gasteiger partial charge on any atom is -0.457 e. The van der Waals surface area contributed by atoms with Crippen molar-refractivity contribution in [3.05, 3.63) is 147 Å². The van der Waals surface area contributed by atoms with Crippen LogP contribution in [-0.4, -0.2) is 28.3 Å². The molecule has 0 spiro atoms. The molecule has 0 atom stereocenters. The zero-order chi connectivity index (χ0) is 33.6. The highest BCUT2D eigenvalue weighted by molar-refractivity contribution is 7.22. The Morgan fingerprint density at radius 2 is 1.56 bits per heavy atom. The highest BCUT2D eigenvalue weighted by Crippen LogP contribution is 2.30. The smallest absolute Gasteiger partial charge is 0.293 e. The summed E-state index contributed by atoms with van der Waals surface area (Å²) in [7, 11) is 0. The first kappa shape index (κ1) is 32.1. The highest BCUT2D eigenvalue weighted by atomic mass is 35.5. The molecular formula is C35H25ClFN5O5S. The van der Waals surface area contributed by atoms with Gasteiger partial charge in [-0.1, -0.05) is 53.3 Å². The summed E-state index contributed by atoms with van der Waals surface area (Å²) in [4.78, 5) is 41.7. The quantitative estimate of drug-likeness (QED) is 0.0917. The van der Waals surface area contributed by atoms with Crippen molar-refractivity contribution >= 4 is 67.2 Å². The number of aromatic nitrogens is 1. The Labute approximate surface area is 282 Å². The fraction of sp³-hybridized carbons (Fsp3) is 0.0571. The molecule has 240 valence electrons. The van der Waals surface area contributed by atoms with Gasteiger partial charge in [-0.25, -0.2) is 9.37 Å². The van der Waals surface area contributed by atoms with E-state index in [2.05, 4.69) is 20.9 Å². The molecule has 0 saturated carbocycles. The molecule has 6 aromatic rings. The van der Waals surface area contributed by atoms with Gasteiger partial charge in [0.15, 0.2) is 5.13 Å². The summed E-state index contributed by atoms with van der Waals surface area (Å²) >= 11 is 6.88. The SMILES string of the molecule is O=C(Nc1ccc(Oc2ccc(Cl)c(F)c2)cc1)c1ccc2nc(NC(=O)c3ccc(NCCc4ccccc4)c([N+](=O)[O-])c3)sc2c1. The summed E-state index contributed by atoms with van der Waals surface area (Å²) in [6.07, 6.45) is 0.680. The van der Waals surface area contributed by atoms with Crippen molar-refractivity contribution in [3.63, 3.8) is 0 Å². The Balaban J connectivity index is 1.08. The molecule has 0 saturated heterocycles. The Hall–Kier alpha value is -5.85. The number of benzene rings is 5. The van der Waals surface area contributed by atoms with Crippen LogP contribution in [0.1, 0.15) is 26.3 Å². The van der Waals surface area contributed by atoms with Crippen molar-refractivity contribution in [2.45, 2.75) is 6.42 Å². The summed E-state index contributed by atoms with van der Waals surface area (Å²) in [5.74, 6) is -0.793. The first-order chi connectivity index (χ1) is 23.2. The molecule has 0 radical (unpaired) electrons. The summed E-state index contributed by atoms with van der Waals surface area (Å²) in [6.45, 7) is 0.484. The Kier molecular flexibility index (Phi) is 9.55. The number of anilines is 3. The van der Waals surface area contributed by atoms with E-state index in [1.807, 2.05) is 30.3 Å². The lowest BCUT2D eigenvalue weighted by Crippen LogP contribution is -2.13. The molecule has 0 aliphatic carbocycles. The maximum atomic E-state index is 13.7. The molecule has 2 amide bonds. The number of hydrogen-bond acceptors (Lipinski definition) is 8. The number of thiazole rings is 1. The minimum absolute atomic E-state index is 0.00399. The molecule has 1 heterocycles. The number of nitro groups is 1. The number of nitrogens with one attached hydrogen (secondary N) is 3. The Bertz CT molecular complexity index is 2140. The van der Waals surface area contributed by atoms with E-state index in [4.69, 9.17) is 16.3 Å². The molecule has 6 rings (SSSR count). The molecule has 0 unspecified atom stereocenters. The third kappa shape index (κ3) is 7.74. The number of hydrogen-bond donors (Lipinski definition) is 3. The molecule has 5 aromatic carbocycles. The van der Waals surface area contributed by atoms with E-state index < -0.39 is 16.6 Å². The second-order valence-corrected chi connectivity index (χ2v) is 11.9. The van der Waals surface area contributed by atoms with E-state index in [1.54, 1.807) is 48.5 Å². The van der Waals surface area contributed by atoms with E-state index in [-0.39, 0.29) is 33.1 Å². The number of rotatable bonds is 11. The number of amides is 2. The van der Waals surface area contributed by atoms with E-state index in [9.17, 15) is 24.1 Å². The number of halogens is 2. The van der Waals surface area contributed by atoms with Gasteiger partial charge in [0.1, 0.15) is 23.0 Å². The van der Waals surface area contributed by atoms with E-state index in [0.717, 1.165) is 16.9 Å². The maximum Gasteiger partial charge on any atom is 0.293 e. The van der Waals surface area contributed by atoms with Gasteiger partial charge < -0.3 is 15.4 Å². The van der Waals surface area contributed by atoms with Crippen LogP contribution in [0.25, 0.3) is 10.2 Å². The van der Waals surface area contributed by atoms with Crippen LogP contribution in [0.4, 0.5) is 26.6 Å². The summed E-state index contributed by atoms with van der Waals surface area (Å²) < 4.78 is 20.0. The van der Waals surface area contributed by atoms with Crippen molar-refractivity contribution in [2.24, 2.45) is 0 Å². The second kappa shape index (κ2) is 14.3. The number of fused-ring (bicyclic) bond motifs is 1. The predicted molar refractivity (Wildman–Crippen MR) is 185 cm³/mol. The van der Waals surface area contributed by atoms with E-state index in [1.165, 1.54) is 30.3 Å². The maximum absolute atomic E-state index is 13.7. The molecular weight excluding hydrogens is 657 g/mol. The first-order valence-electron chi connectivity index (χ1n) is 14.5. The normalized spacial score (nSPS) is 10.8. The lowest BCUT2D eigenvalue weighted by molar-refractivity contribution is -0.384. The number of ether oxygens (including phenoxy) is 1. The fourth-order valence-corrected chi connectivity index (χ4v) is 5.75. The molecule has 0 aliphatic heterocycles. The fourth-order valence-electron chi connectivity index (χ4n) is 4.73. The van der Waals surface area contributed by atoms with Crippen LogP contribution in [0.3, 0.4) is 0 Å². The zero-order valence-electron chi connectivity index (χ0n) is 24.9. The van der Waals surface area contributed by atoms with Crippen molar-refractivity contribution in [3.8, 4) is 11.5 Å². The third-order valence-electron chi connectivity index (χ3n) is 7.14. The van der Waals surface area contributed by atoms with Gasteiger partial charge in [0.2, 0.25) is 0 Å². The number of nitro benzene ring substituents is 1. The van der Waals surface area contributed by atoms with Gasteiger partial charge in [0.25, 0.3) is 17.5 Å². The third-order valence-corrected chi connectivity index (χ3v) is 8.38. The molecule has 0 bridgehead atoms.